The van der Waals surface area contributed by atoms with Gasteiger partial charge in [-0.05, 0) is 73.2 Å². The van der Waals surface area contributed by atoms with Gasteiger partial charge in [-0.3, -0.25) is 28.8 Å². The van der Waals surface area contributed by atoms with Gasteiger partial charge in [0.05, 0.1) is 61.6 Å². The van der Waals surface area contributed by atoms with Gasteiger partial charge in [-0.25, -0.2) is 14.4 Å². The van der Waals surface area contributed by atoms with Crippen LogP contribution in [0.3, 0.4) is 0 Å². The van der Waals surface area contributed by atoms with E-state index in [1.807, 2.05) is 146 Å². The van der Waals surface area contributed by atoms with Gasteiger partial charge in [-0.1, -0.05) is 153 Å². The average Bonchev–Trinajstić information content (AvgIpc) is 1.64. The van der Waals surface area contributed by atoms with Crippen molar-refractivity contribution >= 4 is 89.4 Å². The molecular formula is C72H77N3O18S3. The summed E-state index contributed by atoms with van der Waals surface area (Å²) in [5.74, 6) is -3.60. The lowest BCUT2D eigenvalue weighted by Crippen LogP contribution is -2.39. The van der Waals surface area contributed by atoms with Crippen molar-refractivity contribution in [2.45, 2.75) is 50.4 Å². The van der Waals surface area contributed by atoms with Crippen LogP contribution >= 0.6 is 35.3 Å². The first kappa shape index (κ1) is 71.3. The van der Waals surface area contributed by atoms with E-state index in [1.165, 1.54) is 0 Å². The van der Waals surface area contributed by atoms with Crippen LogP contribution in [0.1, 0.15) is 83.7 Å². The highest BCUT2D eigenvalue weighted by molar-refractivity contribution is 8.00. The van der Waals surface area contributed by atoms with E-state index in [0.29, 0.717) is 0 Å². The third-order valence-electron chi connectivity index (χ3n) is 16.3. The maximum atomic E-state index is 13.1. The first-order valence-electron chi connectivity index (χ1n) is 31.7. The Morgan fingerprint density at radius 3 is 0.812 bits per heavy atom. The van der Waals surface area contributed by atoms with Gasteiger partial charge in [0.2, 0.25) is 0 Å². The van der Waals surface area contributed by atoms with Gasteiger partial charge in [0, 0.05) is 35.0 Å². The van der Waals surface area contributed by atoms with Crippen LogP contribution in [0.15, 0.2) is 146 Å². The number of hydrogen-bond donors (Lipinski definition) is 3. The summed E-state index contributed by atoms with van der Waals surface area (Å²) in [5.41, 5.74) is 12.0. The Balaban J connectivity index is 0.643. The summed E-state index contributed by atoms with van der Waals surface area (Å²) in [4.78, 5) is 114. The van der Waals surface area contributed by atoms with Gasteiger partial charge < -0.3 is 58.6 Å². The van der Waals surface area contributed by atoms with E-state index in [-0.39, 0.29) is 157 Å². The lowest BCUT2D eigenvalue weighted by atomic mass is 9.88. The van der Waals surface area contributed by atoms with E-state index in [0.717, 1.165) is 102 Å². The molecule has 0 radical (unpaired) electrons. The molecule has 6 aromatic rings. The molecule has 0 bridgehead atoms. The van der Waals surface area contributed by atoms with Crippen LogP contribution in [-0.4, -0.2) is 168 Å². The molecule has 0 unspecified atom stereocenters. The molecule has 0 aliphatic heterocycles. The quantitative estimate of drug-likeness (QED) is 0.0186. The molecule has 506 valence electrons. The molecule has 3 amide bonds. The number of fused-ring (bicyclic) bond motifs is 9. The van der Waals surface area contributed by atoms with E-state index < -0.39 is 59.5 Å². The summed E-state index contributed by atoms with van der Waals surface area (Å²) in [6, 6.07) is 48.0. The molecule has 6 aromatic carbocycles. The SMILES string of the molecule is CCC(COC(=O)CSCCC(=O)OCCNC(=O)OCC1c2ccccc2-c2ccccc21)(COC(=O)CSCCC(=O)OCCNC(=O)OCC1c2ccccc2-c2ccccc21)COC(=O)CSCCC(=O)OCCNC(=O)OCC1c2ccccc2-c2ccccc21. The molecule has 0 aromatic heterocycles. The highest BCUT2D eigenvalue weighted by atomic mass is 32.2. The topological polar surface area (TPSA) is 273 Å². The summed E-state index contributed by atoms with van der Waals surface area (Å²) >= 11 is 3.39. The molecule has 0 heterocycles. The molecule has 0 atom stereocenters. The highest BCUT2D eigenvalue weighted by Crippen LogP contribution is 2.47. The number of hydrogen-bond acceptors (Lipinski definition) is 21. The molecule has 96 heavy (non-hydrogen) atoms. The first-order chi connectivity index (χ1) is 46.8. The zero-order valence-electron chi connectivity index (χ0n) is 53.2. The Kier molecular flexibility index (Phi) is 27.3. The van der Waals surface area contributed by atoms with Gasteiger partial charge >= 0.3 is 54.1 Å². The second-order valence-electron chi connectivity index (χ2n) is 22.7. The van der Waals surface area contributed by atoms with Crippen LogP contribution < -0.4 is 16.0 Å². The Bertz CT molecular complexity index is 3190. The molecule has 9 rings (SSSR count). The fourth-order valence-corrected chi connectivity index (χ4v) is 13.4. The minimum Gasteiger partial charge on any atom is -0.464 e. The van der Waals surface area contributed by atoms with Gasteiger partial charge in [-0.15, -0.1) is 35.3 Å². The summed E-state index contributed by atoms with van der Waals surface area (Å²) in [6.07, 6.45) is -1.77. The third-order valence-corrected chi connectivity index (χ3v) is 19.1. The van der Waals surface area contributed by atoms with Crippen LogP contribution in [0.5, 0.6) is 0 Å². The molecule has 21 nitrogen and oxygen atoms in total. The van der Waals surface area contributed by atoms with Crippen molar-refractivity contribution < 1.29 is 85.8 Å². The van der Waals surface area contributed by atoms with Gasteiger partial charge in [0.15, 0.2) is 0 Å². The number of carbonyl (C=O) groups is 9. The minimum atomic E-state index is -1.17. The van der Waals surface area contributed by atoms with Crippen LogP contribution in [0.4, 0.5) is 14.4 Å². The van der Waals surface area contributed by atoms with E-state index >= 15 is 0 Å². The van der Waals surface area contributed by atoms with Crippen molar-refractivity contribution in [1.82, 2.24) is 16.0 Å². The number of rotatable bonds is 37. The molecule has 24 heteroatoms. The number of amides is 3. The zero-order chi connectivity index (χ0) is 67.5. The number of alkyl carbamates (subject to hydrolysis) is 3. The maximum Gasteiger partial charge on any atom is 0.407 e. The third kappa shape index (κ3) is 20.5. The monoisotopic (exact) mass is 1370 g/mol. The number of ether oxygens (including phenoxy) is 9. The minimum absolute atomic E-state index is 0.0293. The number of esters is 6. The van der Waals surface area contributed by atoms with E-state index in [9.17, 15) is 43.2 Å². The molecular weight excluding hydrogens is 1290 g/mol. The van der Waals surface area contributed by atoms with Crippen molar-refractivity contribution in [3.63, 3.8) is 0 Å². The predicted molar refractivity (Wildman–Crippen MR) is 364 cm³/mol. The van der Waals surface area contributed by atoms with Gasteiger partial charge in [-0.2, -0.15) is 0 Å². The van der Waals surface area contributed by atoms with Crippen molar-refractivity contribution in [3.8, 4) is 33.4 Å². The molecule has 0 spiro atoms. The Morgan fingerprint density at radius 2 is 0.573 bits per heavy atom. The average molecular weight is 1370 g/mol. The molecule has 0 fully saturated rings. The van der Waals surface area contributed by atoms with E-state index in [2.05, 4.69) is 16.0 Å². The van der Waals surface area contributed by atoms with Crippen LogP contribution in [0, 0.1) is 5.41 Å². The standard InChI is InChI=1S/C72H77N3O18S3/c1-2-72(45-91-66(79)42-94-36-27-63(76)85-33-30-73-69(82)88-39-60-54-21-9-3-15-48(54)49-16-4-10-22-55(49)60,46-92-67(80)43-95-37-28-64(77)86-34-31-74-70(83)89-40-61-56-23-11-5-17-50(56)51-18-6-12-24-57(51)61)47-93-68(81)44-96-38-29-65(78)87-35-32-75-71(84)90-41-62-58-25-13-7-19-52(58)53-20-8-14-26-59(53)62/h3-26,60-62H,2,27-47H2,1H3,(H,73,82)(H,74,83)(H,75,84). The predicted octanol–water partition coefficient (Wildman–Crippen LogP) is 10.6. The smallest absolute Gasteiger partial charge is 0.407 e. The molecule has 3 N–H and O–H groups in total. The van der Waals surface area contributed by atoms with Gasteiger partial charge in [0.25, 0.3) is 0 Å². The molecule has 3 aliphatic rings. The number of thioether (sulfide) groups is 3. The molecule has 0 saturated carbocycles. The lowest BCUT2D eigenvalue weighted by molar-refractivity contribution is -0.159. The van der Waals surface area contributed by atoms with Crippen molar-refractivity contribution in [2.75, 3.05) is 114 Å². The van der Waals surface area contributed by atoms with Gasteiger partial charge in [0.1, 0.15) is 59.5 Å². The molecule has 3 aliphatic carbocycles. The lowest BCUT2D eigenvalue weighted by Gasteiger charge is -2.31. The van der Waals surface area contributed by atoms with E-state index in [1.54, 1.807) is 6.92 Å². The fourth-order valence-electron chi connectivity index (χ4n) is 11.3. The normalized spacial score (nSPS) is 12.5. The van der Waals surface area contributed by atoms with E-state index in [4.69, 9.17) is 42.6 Å². The number of nitrogens with one attached hydrogen (secondary N) is 3. The Hall–Kier alpha value is -9.00. The van der Waals surface area contributed by atoms with Crippen molar-refractivity contribution in [1.29, 1.82) is 0 Å². The number of carbonyl (C=O) groups excluding carboxylic acids is 9. The Labute approximate surface area is 569 Å². The van der Waals surface area contributed by atoms with Crippen molar-refractivity contribution in [2.24, 2.45) is 5.41 Å². The first-order valence-corrected chi connectivity index (χ1v) is 35.2. The molecule has 0 saturated heterocycles. The van der Waals surface area contributed by atoms with Crippen LogP contribution in [0.2, 0.25) is 0 Å². The summed E-state index contributed by atoms with van der Waals surface area (Å²) in [6.45, 7) is 1.10. The summed E-state index contributed by atoms with van der Waals surface area (Å²) in [7, 11) is 0. The second kappa shape index (κ2) is 36.8. The zero-order valence-corrected chi connectivity index (χ0v) is 55.7. The Morgan fingerprint density at radius 1 is 0.333 bits per heavy atom. The maximum absolute atomic E-state index is 13.1. The highest BCUT2D eigenvalue weighted by Gasteiger charge is 2.36. The number of benzene rings is 6. The van der Waals surface area contributed by atoms with Crippen LogP contribution in [-0.2, 0) is 71.4 Å². The second-order valence-corrected chi connectivity index (χ2v) is 26.0. The fraction of sp³-hybridized carbons (Fsp3) is 0.375. The summed E-state index contributed by atoms with van der Waals surface area (Å²) < 4.78 is 49.4. The van der Waals surface area contributed by atoms with Crippen LogP contribution in [0.25, 0.3) is 33.4 Å². The summed E-state index contributed by atoms with van der Waals surface area (Å²) in [5, 5.41) is 7.82. The van der Waals surface area contributed by atoms with Crippen molar-refractivity contribution in [3.05, 3.63) is 179 Å². The largest absolute Gasteiger partial charge is 0.464 e.